The summed E-state index contributed by atoms with van der Waals surface area (Å²) < 4.78 is 9.61. The van der Waals surface area contributed by atoms with E-state index in [9.17, 15) is 9.59 Å². The average Bonchev–Trinajstić information content (AvgIpc) is 2.51. The summed E-state index contributed by atoms with van der Waals surface area (Å²) in [6.45, 7) is 1.23. The van der Waals surface area contributed by atoms with Crippen molar-refractivity contribution in [3.8, 4) is 0 Å². The molecule has 1 rings (SSSR count). The Hall–Kier alpha value is -1.63. The Labute approximate surface area is 137 Å². The number of esters is 1. The molecular formula is C15H23ClN2O4. The van der Waals surface area contributed by atoms with Crippen molar-refractivity contribution in [2.45, 2.75) is 12.5 Å². The van der Waals surface area contributed by atoms with Crippen LogP contribution >= 0.6 is 12.4 Å². The number of halogens is 1. The highest BCUT2D eigenvalue weighted by Gasteiger charge is 2.21. The fourth-order valence-corrected chi connectivity index (χ4v) is 1.81. The second-order valence-corrected chi connectivity index (χ2v) is 4.50. The van der Waals surface area contributed by atoms with Crippen LogP contribution in [0.15, 0.2) is 30.3 Å². The summed E-state index contributed by atoms with van der Waals surface area (Å²) in [7, 11) is 2.90. The molecule has 0 spiro atoms. The van der Waals surface area contributed by atoms with Gasteiger partial charge in [-0.3, -0.25) is 4.79 Å². The third kappa shape index (κ3) is 7.97. The van der Waals surface area contributed by atoms with Crippen molar-refractivity contribution in [1.29, 1.82) is 0 Å². The Morgan fingerprint density at radius 3 is 2.45 bits per heavy atom. The van der Waals surface area contributed by atoms with Crippen molar-refractivity contribution < 1.29 is 19.1 Å². The Morgan fingerprint density at radius 1 is 1.18 bits per heavy atom. The summed E-state index contributed by atoms with van der Waals surface area (Å²) in [5, 5.41) is 5.60. The van der Waals surface area contributed by atoms with Gasteiger partial charge in [-0.15, -0.1) is 12.4 Å². The molecular weight excluding hydrogens is 308 g/mol. The highest BCUT2D eigenvalue weighted by Crippen LogP contribution is 2.04. The first-order chi connectivity index (χ1) is 10.2. The normalized spacial score (nSPS) is 11.2. The number of hydrogen-bond donors (Lipinski definition) is 2. The van der Waals surface area contributed by atoms with E-state index >= 15 is 0 Å². The van der Waals surface area contributed by atoms with Crippen molar-refractivity contribution in [3.05, 3.63) is 35.9 Å². The lowest BCUT2D eigenvalue weighted by Gasteiger charge is -2.16. The van der Waals surface area contributed by atoms with E-state index < -0.39 is 12.0 Å². The van der Waals surface area contributed by atoms with Crippen molar-refractivity contribution in [2.24, 2.45) is 0 Å². The number of benzene rings is 1. The van der Waals surface area contributed by atoms with E-state index in [1.54, 1.807) is 7.11 Å². The lowest BCUT2D eigenvalue weighted by Crippen LogP contribution is -2.46. The van der Waals surface area contributed by atoms with Gasteiger partial charge in [-0.1, -0.05) is 30.3 Å². The van der Waals surface area contributed by atoms with Crippen LogP contribution in [0.3, 0.4) is 0 Å². The summed E-state index contributed by atoms with van der Waals surface area (Å²) in [5.41, 5.74) is 0.959. The Morgan fingerprint density at radius 2 is 1.86 bits per heavy atom. The smallest absolute Gasteiger partial charge is 0.328 e. The van der Waals surface area contributed by atoms with Gasteiger partial charge in [-0.2, -0.15) is 0 Å². The number of rotatable bonds is 9. The zero-order chi connectivity index (χ0) is 15.5. The summed E-state index contributed by atoms with van der Waals surface area (Å²) in [6, 6.07) is 8.79. The van der Waals surface area contributed by atoms with Gasteiger partial charge in [0.1, 0.15) is 6.04 Å². The molecule has 7 heteroatoms. The van der Waals surface area contributed by atoms with Crippen LogP contribution in [-0.4, -0.2) is 51.8 Å². The first-order valence-electron chi connectivity index (χ1n) is 6.78. The Kier molecular flexibility index (Phi) is 11.1. The zero-order valence-corrected chi connectivity index (χ0v) is 13.7. The lowest BCUT2D eigenvalue weighted by atomic mass is 10.1. The van der Waals surface area contributed by atoms with Gasteiger partial charge in [0.2, 0.25) is 5.91 Å². The highest BCUT2D eigenvalue weighted by molar-refractivity contribution is 5.86. The summed E-state index contributed by atoms with van der Waals surface area (Å²) in [4.78, 5) is 23.6. The van der Waals surface area contributed by atoms with Crippen LogP contribution in [0.25, 0.3) is 0 Å². The van der Waals surface area contributed by atoms with Crippen molar-refractivity contribution in [3.63, 3.8) is 0 Å². The van der Waals surface area contributed by atoms with Crippen molar-refractivity contribution in [1.82, 2.24) is 10.6 Å². The van der Waals surface area contributed by atoms with Gasteiger partial charge in [0.05, 0.1) is 20.3 Å². The second kappa shape index (κ2) is 12.0. The molecule has 1 aromatic rings. The molecule has 0 aliphatic carbocycles. The third-order valence-electron chi connectivity index (χ3n) is 2.87. The zero-order valence-electron chi connectivity index (χ0n) is 12.8. The van der Waals surface area contributed by atoms with Gasteiger partial charge in [-0.05, 0) is 5.56 Å². The molecule has 0 saturated carbocycles. The molecule has 0 aliphatic heterocycles. The number of hydrogen-bond acceptors (Lipinski definition) is 5. The average molecular weight is 331 g/mol. The number of carbonyl (C=O) groups excluding carboxylic acids is 2. The van der Waals surface area contributed by atoms with Gasteiger partial charge in [0.15, 0.2) is 0 Å². The van der Waals surface area contributed by atoms with E-state index in [0.29, 0.717) is 19.6 Å². The number of carbonyl (C=O) groups is 2. The van der Waals surface area contributed by atoms with Gasteiger partial charge in [0, 0.05) is 20.1 Å². The van der Waals surface area contributed by atoms with E-state index in [0.717, 1.165) is 5.56 Å². The van der Waals surface area contributed by atoms with E-state index in [1.807, 2.05) is 30.3 Å². The highest BCUT2D eigenvalue weighted by atomic mass is 35.5. The van der Waals surface area contributed by atoms with Crippen molar-refractivity contribution in [2.75, 3.05) is 33.9 Å². The molecule has 1 atom stereocenters. The molecule has 1 unspecified atom stereocenters. The van der Waals surface area contributed by atoms with Crippen LogP contribution in [-0.2, 0) is 25.5 Å². The van der Waals surface area contributed by atoms with E-state index in [1.165, 1.54) is 7.11 Å². The van der Waals surface area contributed by atoms with E-state index in [2.05, 4.69) is 10.6 Å². The maximum Gasteiger partial charge on any atom is 0.328 e. The minimum Gasteiger partial charge on any atom is -0.467 e. The Balaban J connectivity index is 0.00000441. The fraction of sp³-hybridized carbons (Fsp3) is 0.467. The van der Waals surface area contributed by atoms with Crippen LogP contribution in [0, 0.1) is 0 Å². The summed E-state index contributed by atoms with van der Waals surface area (Å²) >= 11 is 0. The molecule has 2 N–H and O–H groups in total. The fourth-order valence-electron chi connectivity index (χ4n) is 1.81. The standard InChI is InChI=1S/C15H22N2O4.ClH/c1-20-9-8-16-11-14(18)17-13(15(19)21-2)10-12-6-4-3-5-7-12;/h3-7,13,16H,8-11H2,1-2H3,(H,17,18);1H. The molecule has 0 radical (unpaired) electrons. The molecule has 1 aromatic carbocycles. The molecule has 0 fully saturated rings. The van der Waals surface area contributed by atoms with Crippen LogP contribution in [0.4, 0.5) is 0 Å². The topological polar surface area (TPSA) is 76.7 Å². The van der Waals surface area contributed by atoms with Gasteiger partial charge in [0.25, 0.3) is 0 Å². The number of nitrogens with one attached hydrogen (secondary N) is 2. The van der Waals surface area contributed by atoms with Crippen LogP contribution in [0.1, 0.15) is 5.56 Å². The molecule has 0 bridgehead atoms. The van der Waals surface area contributed by atoms with E-state index in [-0.39, 0.29) is 24.9 Å². The van der Waals surface area contributed by atoms with Crippen molar-refractivity contribution >= 4 is 24.3 Å². The summed E-state index contributed by atoms with van der Waals surface area (Å²) in [5.74, 6) is -0.707. The monoisotopic (exact) mass is 330 g/mol. The molecule has 0 saturated heterocycles. The first kappa shape index (κ1) is 20.4. The third-order valence-corrected chi connectivity index (χ3v) is 2.87. The second-order valence-electron chi connectivity index (χ2n) is 4.50. The number of ether oxygens (including phenoxy) is 2. The predicted octanol–water partition coefficient (Wildman–Crippen LogP) is 0.545. The molecule has 1 amide bonds. The molecule has 0 aromatic heterocycles. The SMILES string of the molecule is COCCNCC(=O)NC(Cc1ccccc1)C(=O)OC.Cl. The lowest BCUT2D eigenvalue weighted by molar-refractivity contribution is -0.144. The van der Waals surface area contributed by atoms with Gasteiger partial charge in [-0.25, -0.2) is 4.79 Å². The maximum absolute atomic E-state index is 11.8. The predicted molar refractivity (Wildman–Crippen MR) is 86.1 cm³/mol. The number of amides is 1. The molecule has 0 heterocycles. The summed E-state index contributed by atoms with van der Waals surface area (Å²) in [6.07, 6.45) is 0.400. The number of methoxy groups -OCH3 is 2. The first-order valence-corrected chi connectivity index (χ1v) is 6.78. The quantitative estimate of drug-likeness (QED) is 0.510. The minimum atomic E-state index is -0.686. The molecule has 22 heavy (non-hydrogen) atoms. The van der Waals surface area contributed by atoms with Crippen LogP contribution in [0.5, 0.6) is 0 Å². The maximum atomic E-state index is 11.8. The molecule has 0 aliphatic rings. The van der Waals surface area contributed by atoms with E-state index in [4.69, 9.17) is 9.47 Å². The van der Waals surface area contributed by atoms with Crippen LogP contribution in [0.2, 0.25) is 0 Å². The minimum absolute atomic E-state index is 0. The molecule has 124 valence electrons. The van der Waals surface area contributed by atoms with Gasteiger partial charge < -0.3 is 20.1 Å². The Bertz CT molecular complexity index is 442. The van der Waals surface area contributed by atoms with Crippen LogP contribution < -0.4 is 10.6 Å². The van der Waals surface area contributed by atoms with Gasteiger partial charge >= 0.3 is 5.97 Å². The largest absolute Gasteiger partial charge is 0.467 e. The molecule has 6 nitrogen and oxygen atoms in total.